The summed E-state index contributed by atoms with van der Waals surface area (Å²) in [6.45, 7) is 1.28. The molecule has 7 nitrogen and oxygen atoms in total. The van der Waals surface area contributed by atoms with Crippen LogP contribution in [-0.2, 0) is 24.0 Å². The number of aliphatic hydroxyl groups is 2. The molecule has 1 saturated heterocycles. The van der Waals surface area contributed by atoms with E-state index in [0.717, 1.165) is 0 Å². The van der Waals surface area contributed by atoms with E-state index in [1.807, 2.05) is 0 Å². The van der Waals surface area contributed by atoms with Crippen LogP contribution in [0.4, 0.5) is 0 Å². The SMILES string of the molecule is O=S1(=O)CCCC1C(CO)OCCOCCOCCO. The van der Waals surface area contributed by atoms with Crippen molar-refractivity contribution in [1.29, 1.82) is 0 Å². The molecule has 20 heavy (non-hydrogen) atoms. The van der Waals surface area contributed by atoms with Gasteiger partial charge in [0.2, 0.25) is 0 Å². The van der Waals surface area contributed by atoms with Gasteiger partial charge in [0.05, 0.1) is 63.4 Å². The maximum absolute atomic E-state index is 11.7. The summed E-state index contributed by atoms with van der Waals surface area (Å²) in [4.78, 5) is 0. The van der Waals surface area contributed by atoms with Gasteiger partial charge in [-0.3, -0.25) is 0 Å². The Morgan fingerprint density at radius 2 is 1.70 bits per heavy atom. The second kappa shape index (κ2) is 9.64. The highest BCUT2D eigenvalue weighted by molar-refractivity contribution is 7.92. The Bertz CT molecular complexity index is 344. The lowest BCUT2D eigenvalue weighted by Crippen LogP contribution is -2.36. The van der Waals surface area contributed by atoms with Gasteiger partial charge in [-0.05, 0) is 12.8 Å². The Balaban J connectivity index is 2.13. The van der Waals surface area contributed by atoms with Crippen LogP contribution in [0, 0.1) is 0 Å². The van der Waals surface area contributed by atoms with Gasteiger partial charge >= 0.3 is 0 Å². The van der Waals surface area contributed by atoms with E-state index >= 15 is 0 Å². The summed E-state index contributed by atoms with van der Waals surface area (Å²) in [5.74, 6) is 0.177. The maximum atomic E-state index is 11.7. The van der Waals surface area contributed by atoms with E-state index < -0.39 is 21.2 Å². The molecule has 0 aliphatic carbocycles. The molecule has 0 amide bonds. The van der Waals surface area contributed by atoms with Crippen molar-refractivity contribution in [3.8, 4) is 0 Å². The molecule has 1 aliphatic heterocycles. The molecule has 0 aromatic rings. The molecule has 1 fully saturated rings. The van der Waals surface area contributed by atoms with Crippen LogP contribution in [0.5, 0.6) is 0 Å². The minimum absolute atomic E-state index is 0.0167. The second-order valence-electron chi connectivity index (χ2n) is 4.59. The Morgan fingerprint density at radius 3 is 2.25 bits per heavy atom. The van der Waals surface area contributed by atoms with Crippen molar-refractivity contribution in [2.24, 2.45) is 0 Å². The number of rotatable bonds is 11. The second-order valence-corrected chi connectivity index (χ2v) is 6.93. The first kappa shape index (κ1) is 17.8. The molecule has 0 spiro atoms. The molecule has 0 radical (unpaired) electrons. The van der Waals surface area contributed by atoms with E-state index in [-0.39, 0.29) is 32.2 Å². The van der Waals surface area contributed by atoms with Gasteiger partial charge in [0, 0.05) is 0 Å². The molecule has 2 atom stereocenters. The predicted octanol–water partition coefficient (Wildman–Crippen LogP) is -1.03. The molecule has 0 aromatic heterocycles. The minimum atomic E-state index is -3.13. The first-order chi connectivity index (χ1) is 9.61. The lowest BCUT2D eigenvalue weighted by molar-refractivity contribution is -0.0313. The van der Waals surface area contributed by atoms with Crippen LogP contribution in [0.2, 0.25) is 0 Å². The summed E-state index contributed by atoms with van der Waals surface area (Å²) in [6, 6.07) is 0. The van der Waals surface area contributed by atoms with Crippen LogP contribution in [-0.4, -0.2) is 82.0 Å². The Morgan fingerprint density at radius 1 is 1.05 bits per heavy atom. The third kappa shape index (κ3) is 6.02. The number of hydrogen-bond donors (Lipinski definition) is 2. The van der Waals surface area contributed by atoms with Gasteiger partial charge in [0.15, 0.2) is 9.84 Å². The molecule has 8 heteroatoms. The van der Waals surface area contributed by atoms with E-state index in [2.05, 4.69) is 0 Å². The molecule has 1 heterocycles. The van der Waals surface area contributed by atoms with E-state index in [1.165, 1.54) is 0 Å². The average Bonchev–Trinajstić information content (AvgIpc) is 2.77. The molecule has 2 N–H and O–H groups in total. The fourth-order valence-corrected chi connectivity index (χ4v) is 4.18. The zero-order chi connectivity index (χ0) is 14.8. The summed E-state index contributed by atoms with van der Waals surface area (Å²) >= 11 is 0. The summed E-state index contributed by atoms with van der Waals surface area (Å²) in [7, 11) is -3.13. The molecule has 0 bridgehead atoms. The van der Waals surface area contributed by atoms with Crippen LogP contribution < -0.4 is 0 Å². The third-order valence-electron chi connectivity index (χ3n) is 3.14. The minimum Gasteiger partial charge on any atom is -0.394 e. The Hall–Kier alpha value is -0.250. The van der Waals surface area contributed by atoms with Crippen molar-refractivity contribution in [3.63, 3.8) is 0 Å². The summed E-state index contributed by atoms with van der Waals surface area (Å²) < 4.78 is 39.1. The van der Waals surface area contributed by atoms with Crippen LogP contribution >= 0.6 is 0 Å². The fraction of sp³-hybridized carbons (Fsp3) is 1.00. The van der Waals surface area contributed by atoms with Gasteiger partial charge in [-0.25, -0.2) is 8.42 Å². The van der Waals surface area contributed by atoms with Gasteiger partial charge < -0.3 is 24.4 Å². The van der Waals surface area contributed by atoms with Gasteiger partial charge in [-0.15, -0.1) is 0 Å². The van der Waals surface area contributed by atoms with Crippen molar-refractivity contribution in [3.05, 3.63) is 0 Å². The monoisotopic (exact) mass is 312 g/mol. The molecule has 1 rings (SSSR count). The third-order valence-corrected chi connectivity index (χ3v) is 5.46. The standard InChI is InChI=1S/C12H24O7S/c13-3-4-17-5-6-18-7-8-19-11(10-14)12-2-1-9-20(12,15)16/h11-14H,1-10H2. The van der Waals surface area contributed by atoms with E-state index in [9.17, 15) is 13.5 Å². The van der Waals surface area contributed by atoms with Crippen molar-refractivity contribution < 1.29 is 32.8 Å². The average molecular weight is 312 g/mol. The zero-order valence-electron chi connectivity index (χ0n) is 11.6. The smallest absolute Gasteiger partial charge is 0.155 e. The van der Waals surface area contributed by atoms with Crippen molar-refractivity contribution in [2.75, 3.05) is 52.0 Å². The molecule has 0 saturated carbocycles. The van der Waals surface area contributed by atoms with Gasteiger partial charge in [0.25, 0.3) is 0 Å². The number of aliphatic hydroxyl groups excluding tert-OH is 2. The summed E-state index contributed by atoms with van der Waals surface area (Å²) in [5, 5.41) is 17.1. The molecule has 120 valence electrons. The predicted molar refractivity (Wildman–Crippen MR) is 72.4 cm³/mol. The number of ether oxygens (including phenoxy) is 3. The summed E-state index contributed by atoms with van der Waals surface area (Å²) in [6.07, 6.45) is 0.506. The molecular weight excluding hydrogens is 288 g/mol. The van der Waals surface area contributed by atoms with Crippen molar-refractivity contribution >= 4 is 9.84 Å². The molecule has 1 aliphatic rings. The molecular formula is C12H24O7S. The summed E-state index contributed by atoms with van der Waals surface area (Å²) in [5.41, 5.74) is 0. The molecule has 2 unspecified atom stereocenters. The first-order valence-corrected chi connectivity index (χ1v) is 8.53. The number of hydrogen-bond acceptors (Lipinski definition) is 7. The highest BCUT2D eigenvalue weighted by Crippen LogP contribution is 2.24. The lowest BCUT2D eigenvalue weighted by atomic mass is 10.2. The van der Waals surface area contributed by atoms with Gasteiger partial charge in [-0.1, -0.05) is 0 Å². The van der Waals surface area contributed by atoms with Crippen molar-refractivity contribution in [2.45, 2.75) is 24.2 Å². The van der Waals surface area contributed by atoms with Gasteiger partial charge in [-0.2, -0.15) is 0 Å². The quantitative estimate of drug-likeness (QED) is 0.470. The van der Waals surface area contributed by atoms with E-state index in [0.29, 0.717) is 32.7 Å². The zero-order valence-corrected chi connectivity index (χ0v) is 12.4. The normalized spacial score (nSPS) is 23.0. The largest absolute Gasteiger partial charge is 0.394 e. The van der Waals surface area contributed by atoms with E-state index in [4.69, 9.17) is 19.3 Å². The topological polar surface area (TPSA) is 102 Å². The highest BCUT2D eigenvalue weighted by atomic mass is 32.2. The van der Waals surface area contributed by atoms with Crippen LogP contribution in [0.3, 0.4) is 0 Å². The van der Waals surface area contributed by atoms with Crippen LogP contribution in [0.15, 0.2) is 0 Å². The Labute approximate surface area is 119 Å². The van der Waals surface area contributed by atoms with Crippen LogP contribution in [0.1, 0.15) is 12.8 Å². The highest BCUT2D eigenvalue weighted by Gasteiger charge is 2.37. The Kier molecular flexibility index (Phi) is 8.58. The fourth-order valence-electron chi connectivity index (χ4n) is 2.16. The molecule has 0 aromatic carbocycles. The lowest BCUT2D eigenvalue weighted by Gasteiger charge is -2.21. The van der Waals surface area contributed by atoms with Gasteiger partial charge in [0.1, 0.15) is 0 Å². The first-order valence-electron chi connectivity index (χ1n) is 6.82. The van der Waals surface area contributed by atoms with Crippen molar-refractivity contribution in [1.82, 2.24) is 0 Å². The number of sulfone groups is 1. The van der Waals surface area contributed by atoms with Crippen LogP contribution in [0.25, 0.3) is 0 Å². The maximum Gasteiger partial charge on any atom is 0.155 e. The van der Waals surface area contributed by atoms with E-state index in [1.54, 1.807) is 0 Å².